The molecule has 5 rings (SSSR count). The number of nitro benzene ring substituents is 1. The van der Waals surface area contributed by atoms with Crippen molar-refractivity contribution < 1.29 is 23.6 Å². The van der Waals surface area contributed by atoms with Gasteiger partial charge in [0.25, 0.3) is 5.69 Å². The van der Waals surface area contributed by atoms with Crippen LogP contribution in [0.3, 0.4) is 0 Å². The molecule has 3 aromatic rings. The monoisotopic (exact) mass is 435 g/mol. The fourth-order valence-electron chi connectivity index (χ4n) is 4.15. The molecule has 3 heterocycles. The van der Waals surface area contributed by atoms with Crippen molar-refractivity contribution in [3.8, 4) is 34.1 Å². The molecule has 0 radical (unpaired) electrons. The molecule has 2 aromatic carbocycles. The molecule has 1 aromatic heterocycles. The maximum Gasteiger partial charge on any atom is 0.270 e. The number of carbonyl (C=O) groups is 1. The summed E-state index contributed by atoms with van der Waals surface area (Å²) in [5.74, 6) is 2.44. The summed E-state index contributed by atoms with van der Waals surface area (Å²) in [5.41, 5.74) is 1.92. The van der Waals surface area contributed by atoms with Gasteiger partial charge < -0.3 is 18.8 Å². The van der Waals surface area contributed by atoms with Crippen LogP contribution in [0.25, 0.3) is 22.6 Å². The Labute approximate surface area is 183 Å². The summed E-state index contributed by atoms with van der Waals surface area (Å²) in [6.07, 6.45) is 1.49. The van der Waals surface area contributed by atoms with E-state index in [4.69, 9.17) is 18.9 Å². The average molecular weight is 435 g/mol. The van der Waals surface area contributed by atoms with Crippen LogP contribution in [-0.2, 0) is 4.79 Å². The lowest BCUT2D eigenvalue weighted by molar-refractivity contribution is -0.384. The fourth-order valence-corrected chi connectivity index (χ4v) is 4.15. The summed E-state index contributed by atoms with van der Waals surface area (Å²) in [6, 6.07) is 11.8. The lowest BCUT2D eigenvalue weighted by Gasteiger charge is -2.29. The largest absolute Gasteiger partial charge is 0.454 e. The lowest BCUT2D eigenvalue weighted by Crippen LogP contribution is -2.36. The molecule has 2 aliphatic heterocycles. The van der Waals surface area contributed by atoms with Gasteiger partial charge in [0, 0.05) is 49.2 Å². The van der Waals surface area contributed by atoms with Gasteiger partial charge in [-0.05, 0) is 31.0 Å². The first-order chi connectivity index (χ1) is 15.5. The highest BCUT2D eigenvalue weighted by molar-refractivity contribution is 5.79. The fraction of sp³-hybridized carbons (Fsp3) is 0.304. The molecule has 1 saturated heterocycles. The van der Waals surface area contributed by atoms with E-state index in [0.717, 1.165) is 18.4 Å². The van der Waals surface area contributed by atoms with Gasteiger partial charge in [-0.1, -0.05) is 12.1 Å². The summed E-state index contributed by atoms with van der Waals surface area (Å²) in [5, 5.41) is 11.3. The Kier molecular flexibility index (Phi) is 5.01. The second-order valence-corrected chi connectivity index (χ2v) is 7.89. The first-order valence-electron chi connectivity index (χ1n) is 10.4. The van der Waals surface area contributed by atoms with Crippen LogP contribution in [0.5, 0.6) is 11.5 Å². The number of fused-ring (bicyclic) bond motifs is 1. The number of rotatable bonds is 4. The first-order valence-corrected chi connectivity index (χ1v) is 10.4. The van der Waals surface area contributed by atoms with Crippen LogP contribution in [0, 0.1) is 10.1 Å². The number of likely N-dealkylation sites (tertiary alicyclic amines) is 1. The number of ether oxygens (including phenoxy) is 2. The van der Waals surface area contributed by atoms with E-state index in [0.29, 0.717) is 47.5 Å². The quantitative estimate of drug-likeness (QED) is 0.442. The van der Waals surface area contributed by atoms with Crippen LogP contribution >= 0.6 is 0 Å². The zero-order chi connectivity index (χ0) is 22.2. The van der Waals surface area contributed by atoms with Crippen molar-refractivity contribution in [3.05, 3.63) is 58.5 Å². The number of hydrogen-bond donors (Lipinski definition) is 0. The maximum atomic E-state index is 11.7. The van der Waals surface area contributed by atoms with Crippen LogP contribution in [0.1, 0.15) is 31.6 Å². The van der Waals surface area contributed by atoms with E-state index in [-0.39, 0.29) is 24.3 Å². The third kappa shape index (κ3) is 3.66. The van der Waals surface area contributed by atoms with Gasteiger partial charge in [0.15, 0.2) is 23.1 Å². The van der Waals surface area contributed by atoms with E-state index in [1.54, 1.807) is 19.1 Å². The molecule has 0 spiro atoms. The number of aromatic nitrogens is 1. The maximum absolute atomic E-state index is 11.7. The molecule has 32 heavy (non-hydrogen) atoms. The highest BCUT2D eigenvalue weighted by Crippen LogP contribution is 2.41. The van der Waals surface area contributed by atoms with Crippen molar-refractivity contribution in [1.29, 1.82) is 0 Å². The zero-order valence-electron chi connectivity index (χ0n) is 17.4. The molecule has 0 N–H and O–H groups in total. The van der Waals surface area contributed by atoms with Gasteiger partial charge in [0.2, 0.25) is 12.7 Å². The van der Waals surface area contributed by atoms with Gasteiger partial charge in [0.1, 0.15) is 5.69 Å². The van der Waals surface area contributed by atoms with Gasteiger partial charge in [0.05, 0.1) is 4.92 Å². The van der Waals surface area contributed by atoms with Crippen molar-refractivity contribution in [1.82, 2.24) is 9.88 Å². The van der Waals surface area contributed by atoms with Gasteiger partial charge in [-0.3, -0.25) is 14.9 Å². The van der Waals surface area contributed by atoms with Crippen molar-refractivity contribution in [2.45, 2.75) is 25.7 Å². The number of oxazole rings is 1. The molecule has 2 aliphatic rings. The Hall–Kier alpha value is -3.88. The normalized spacial score (nSPS) is 15.7. The number of piperidine rings is 1. The Morgan fingerprint density at radius 2 is 1.88 bits per heavy atom. The predicted octanol–water partition coefficient (Wildman–Crippen LogP) is 4.37. The molecule has 1 amide bonds. The van der Waals surface area contributed by atoms with Crippen molar-refractivity contribution in [2.24, 2.45) is 0 Å². The molecule has 9 heteroatoms. The Balaban J connectivity index is 1.56. The standard InChI is InChI=1S/C23H21N3O6/c1-14(27)25-9-7-15(8-10-25)23-24-21(16-5-6-19-20(12-16)31-13-30-19)22(32-23)17-3-2-4-18(11-17)26(28)29/h2-6,11-12,15H,7-10,13H2,1H3. The highest BCUT2D eigenvalue weighted by Gasteiger charge is 2.29. The Morgan fingerprint density at radius 1 is 1.09 bits per heavy atom. The first kappa shape index (κ1) is 20.0. The van der Waals surface area contributed by atoms with Crippen LogP contribution in [-0.4, -0.2) is 40.6 Å². The molecule has 0 unspecified atom stereocenters. The molecule has 9 nitrogen and oxygen atoms in total. The van der Waals surface area contributed by atoms with Gasteiger partial charge in [-0.25, -0.2) is 4.98 Å². The minimum absolute atomic E-state index is 0.0214. The van der Waals surface area contributed by atoms with E-state index < -0.39 is 4.92 Å². The molecule has 0 saturated carbocycles. The average Bonchev–Trinajstić information content (AvgIpc) is 3.46. The van der Waals surface area contributed by atoms with Gasteiger partial charge in [-0.2, -0.15) is 0 Å². The van der Waals surface area contributed by atoms with E-state index in [1.165, 1.54) is 12.1 Å². The lowest BCUT2D eigenvalue weighted by atomic mass is 9.97. The highest BCUT2D eigenvalue weighted by atomic mass is 16.7. The molecule has 1 fully saturated rings. The van der Waals surface area contributed by atoms with Gasteiger partial charge >= 0.3 is 0 Å². The topological polar surface area (TPSA) is 108 Å². The number of nitrogens with zero attached hydrogens (tertiary/aromatic N) is 3. The number of non-ortho nitro benzene ring substituents is 1. The Morgan fingerprint density at radius 3 is 2.62 bits per heavy atom. The van der Waals surface area contributed by atoms with Crippen LogP contribution < -0.4 is 9.47 Å². The molecular formula is C23H21N3O6. The minimum Gasteiger partial charge on any atom is -0.454 e. The van der Waals surface area contributed by atoms with E-state index in [2.05, 4.69) is 0 Å². The van der Waals surface area contributed by atoms with E-state index in [9.17, 15) is 14.9 Å². The molecule has 0 atom stereocenters. The Bertz CT molecular complexity index is 1200. The number of nitro groups is 1. The molecule has 0 aliphatic carbocycles. The van der Waals surface area contributed by atoms with Gasteiger partial charge in [-0.15, -0.1) is 0 Å². The number of benzene rings is 2. The van der Waals surface area contributed by atoms with Crippen LogP contribution in [0.4, 0.5) is 5.69 Å². The summed E-state index contributed by atoms with van der Waals surface area (Å²) in [7, 11) is 0. The smallest absolute Gasteiger partial charge is 0.270 e. The number of carbonyl (C=O) groups excluding carboxylic acids is 1. The second kappa shape index (κ2) is 7.99. The zero-order valence-corrected chi connectivity index (χ0v) is 17.4. The van der Waals surface area contributed by atoms with Crippen molar-refractivity contribution in [2.75, 3.05) is 19.9 Å². The summed E-state index contributed by atoms with van der Waals surface area (Å²) < 4.78 is 17.1. The van der Waals surface area contributed by atoms with Crippen molar-refractivity contribution >= 4 is 11.6 Å². The van der Waals surface area contributed by atoms with Crippen LogP contribution in [0.2, 0.25) is 0 Å². The number of amides is 1. The summed E-state index contributed by atoms with van der Waals surface area (Å²) >= 11 is 0. The SMILES string of the molecule is CC(=O)N1CCC(c2nc(-c3ccc4c(c3)OCO4)c(-c3cccc([N+](=O)[O-])c3)o2)CC1. The third-order valence-corrected chi connectivity index (χ3v) is 5.90. The predicted molar refractivity (Wildman–Crippen MR) is 114 cm³/mol. The van der Waals surface area contributed by atoms with Crippen molar-refractivity contribution in [3.63, 3.8) is 0 Å². The molecular weight excluding hydrogens is 414 g/mol. The number of hydrogen-bond acceptors (Lipinski definition) is 7. The molecule has 0 bridgehead atoms. The minimum atomic E-state index is -0.432. The molecule has 164 valence electrons. The van der Waals surface area contributed by atoms with E-state index >= 15 is 0 Å². The van der Waals surface area contributed by atoms with E-state index in [1.807, 2.05) is 23.1 Å². The third-order valence-electron chi connectivity index (χ3n) is 5.90. The second-order valence-electron chi connectivity index (χ2n) is 7.89. The summed E-state index contributed by atoms with van der Waals surface area (Å²) in [6.45, 7) is 3.03. The summed E-state index contributed by atoms with van der Waals surface area (Å²) in [4.78, 5) is 29.2. The van der Waals surface area contributed by atoms with Crippen LogP contribution in [0.15, 0.2) is 46.9 Å².